The third-order valence-corrected chi connectivity index (χ3v) is 4.56. The van der Waals surface area contributed by atoms with E-state index in [1.807, 2.05) is 31.2 Å². The van der Waals surface area contributed by atoms with Crippen molar-refractivity contribution in [3.05, 3.63) is 24.3 Å². The summed E-state index contributed by atoms with van der Waals surface area (Å²) in [6.07, 6.45) is 3.59. The molecule has 1 aliphatic carbocycles. The van der Waals surface area contributed by atoms with Gasteiger partial charge in [-0.3, -0.25) is 9.69 Å². The molecule has 0 aromatic heterocycles. The van der Waals surface area contributed by atoms with Gasteiger partial charge in [-0.15, -0.1) is 0 Å². The fourth-order valence-electron chi connectivity index (χ4n) is 2.73. The number of nitrogens with zero attached hydrogens (tertiary/aromatic N) is 1. The molecule has 108 valence electrons. The second-order valence-electron chi connectivity index (χ2n) is 6.10. The molecule has 0 radical (unpaired) electrons. The number of carbonyl (C=O) groups excluding carboxylic acids is 1. The van der Waals surface area contributed by atoms with E-state index in [1.165, 1.54) is 12.8 Å². The number of rotatable bonds is 5. The molecule has 1 unspecified atom stereocenters. The maximum absolute atomic E-state index is 12.5. The van der Waals surface area contributed by atoms with E-state index in [0.29, 0.717) is 0 Å². The molecule has 2 fully saturated rings. The summed E-state index contributed by atoms with van der Waals surface area (Å²) in [5.74, 6) is 1.67. The molecule has 4 heteroatoms. The van der Waals surface area contributed by atoms with Crippen LogP contribution in [-0.2, 0) is 4.79 Å². The first-order chi connectivity index (χ1) is 9.61. The van der Waals surface area contributed by atoms with Crippen molar-refractivity contribution in [1.82, 2.24) is 4.90 Å². The third-order valence-electron chi connectivity index (χ3n) is 4.56. The lowest BCUT2D eigenvalue weighted by Gasteiger charge is -2.49. The van der Waals surface area contributed by atoms with Crippen LogP contribution in [0, 0.1) is 5.92 Å². The summed E-state index contributed by atoms with van der Waals surface area (Å²) in [6, 6.07) is 7.51. The number of benzene rings is 1. The third kappa shape index (κ3) is 2.52. The molecule has 20 heavy (non-hydrogen) atoms. The van der Waals surface area contributed by atoms with Gasteiger partial charge in [0.1, 0.15) is 5.75 Å². The van der Waals surface area contributed by atoms with E-state index in [0.717, 1.165) is 36.9 Å². The van der Waals surface area contributed by atoms with Gasteiger partial charge in [0.15, 0.2) is 0 Å². The molecule has 1 aliphatic heterocycles. The van der Waals surface area contributed by atoms with Crippen LogP contribution in [0.2, 0.25) is 0 Å². The average Bonchev–Trinajstić information content (AvgIpc) is 3.27. The predicted octanol–water partition coefficient (Wildman–Crippen LogP) is 2.51. The van der Waals surface area contributed by atoms with E-state index in [2.05, 4.69) is 10.2 Å². The number of hydrogen-bond acceptors (Lipinski definition) is 3. The monoisotopic (exact) mass is 274 g/mol. The minimum absolute atomic E-state index is 0.0950. The maximum atomic E-state index is 12.5. The van der Waals surface area contributed by atoms with Crippen LogP contribution < -0.4 is 10.1 Å². The molecule has 0 bridgehead atoms. The predicted molar refractivity (Wildman–Crippen MR) is 78.9 cm³/mol. The van der Waals surface area contributed by atoms with Crippen molar-refractivity contribution < 1.29 is 9.53 Å². The highest BCUT2D eigenvalue weighted by Gasteiger charge is 2.48. The lowest BCUT2D eigenvalue weighted by atomic mass is 9.85. The fourth-order valence-corrected chi connectivity index (χ4v) is 2.73. The number of anilines is 1. The Balaban J connectivity index is 1.65. The van der Waals surface area contributed by atoms with Crippen molar-refractivity contribution in [2.75, 3.05) is 25.5 Å². The molecule has 1 aromatic rings. The molecule has 1 saturated heterocycles. The number of carbonyl (C=O) groups is 1. The average molecular weight is 274 g/mol. The minimum Gasteiger partial charge on any atom is -0.497 e. The number of hydrogen-bond donors (Lipinski definition) is 1. The van der Waals surface area contributed by atoms with Crippen molar-refractivity contribution in [3.63, 3.8) is 0 Å². The van der Waals surface area contributed by atoms with Gasteiger partial charge in [0.25, 0.3) is 0 Å². The summed E-state index contributed by atoms with van der Waals surface area (Å²) in [7, 11) is 1.63. The summed E-state index contributed by atoms with van der Waals surface area (Å²) in [5, 5.41) is 3.02. The molecular formula is C16H22N2O2. The smallest absolute Gasteiger partial charge is 0.244 e. The van der Waals surface area contributed by atoms with Crippen LogP contribution in [0.5, 0.6) is 5.75 Å². The van der Waals surface area contributed by atoms with E-state index >= 15 is 0 Å². The molecule has 1 amide bonds. The molecule has 1 N–H and O–H groups in total. The number of amides is 1. The largest absolute Gasteiger partial charge is 0.497 e. The van der Waals surface area contributed by atoms with Gasteiger partial charge in [-0.2, -0.15) is 0 Å². The van der Waals surface area contributed by atoms with Gasteiger partial charge in [0, 0.05) is 24.8 Å². The molecule has 0 spiro atoms. The zero-order valence-electron chi connectivity index (χ0n) is 12.2. The second kappa shape index (κ2) is 5.09. The maximum Gasteiger partial charge on any atom is 0.244 e. The van der Waals surface area contributed by atoms with Gasteiger partial charge < -0.3 is 10.1 Å². The van der Waals surface area contributed by atoms with Gasteiger partial charge in [0.05, 0.1) is 12.6 Å². The van der Waals surface area contributed by atoms with E-state index in [-0.39, 0.29) is 11.4 Å². The van der Waals surface area contributed by atoms with Crippen molar-refractivity contribution >= 4 is 11.6 Å². The Morgan fingerprint density at radius 1 is 1.50 bits per heavy atom. The summed E-state index contributed by atoms with van der Waals surface area (Å²) in [5.41, 5.74) is 0.458. The topological polar surface area (TPSA) is 41.6 Å². The van der Waals surface area contributed by atoms with Crippen LogP contribution in [0.3, 0.4) is 0 Å². The van der Waals surface area contributed by atoms with Gasteiger partial charge >= 0.3 is 0 Å². The highest BCUT2D eigenvalue weighted by Crippen LogP contribution is 2.38. The molecule has 4 nitrogen and oxygen atoms in total. The SMILES string of the molecule is COc1cccc(NC(=O)C2(C)CCN2CC2CC2)c1. The Morgan fingerprint density at radius 2 is 2.30 bits per heavy atom. The number of nitrogens with one attached hydrogen (secondary N) is 1. The highest BCUT2D eigenvalue weighted by molar-refractivity contribution is 5.98. The first kappa shape index (κ1) is 13.4. The van der Waals surface area contributed by atoms with Crippen LogP contribution in [-0.4, -0.2) is 36.5 Å². The molecule has 1 saturated carbocycles. The Labute approximate surface area is 120 Å². The number of methoxy groups -OCH3 is 1. The van der Waals surface area contributed by atoms with Crippen LogP contribution in [0.15, 0.2) is 24.3 Å². The lowest BCUT2D eigenvalue weighted by molar-refractivity contribution is -0.135. The Hall–Kier alpha value is -1.55. The van der Waals surface area contributed by atoms with Gasteiger partial charge in [-0.1, -0.05) is 6.07 Å². The van der Waals surface area contributed by atoms with E-state index in [9.17, 15) is 4.79 Å². The van der Waals surface area contributed by atoms with Crippen molar-refractivity contribution in [1.29, 1.82) is 0 Å². The molecule has 1 atom stereocenters. The Morgan fingerprint density at radius 3 is 2.90 bits per heavy atom. The Bertz CT molecular complexity index is 513. The summed E-state index contributed by atoms with van der Waals surface area (Å²) in [4.78, 5) is 14.9. The molecule has 3 rings (SSSR count). The number of likely N-dealkylation sites (tertiary alicyclic amines) is 1. The first-order valence-corrected chi connectivity index (χ1v) is 7.32. The quantitative estimate of drug-likeness (QED) is 0.897. The van der Waals surface area contributed by atoms with Crippen molar-refractivity contribution in [3.8, 4) is 5.75 Å². The summed E-state index contributed by atoms with van der Waals surface area (Å²) in [6.45, 7) is 4.16. The van der Waals surface area contributed by atoms with Crippen molar-refractivity contribution in [2.45, 2.75) is 31.7 Å². The van der Waals surface area contributed by atoms with Crippen LogP contribution >= 0.6 is 0 Å². The molecule has 1 aromatic carbocycles. The van der Waals surface area contributed by atoms with Gasteiger partial charge in [-0.25, -0.2) is 0 Å². The standard InChI is InChI=1S/C16H22N2O2/c1-16(8-9-18(16)11-12-6-7-12)15(19)17-13-4-3-5-14(10-13)20-2/h3-5,10,12H,6-9,11H2,1-2H3,(H,17,19). The van der Waals surface area contributed by atoms with Gasteiger partial charge in [-0.05, 0) is 44.2 Å². The fraction of sp³-hybridized carbons (Fsp3) is 0.562. The molecule has 2 aliphatic rings. The lowest BCUT2D eigenvalue weighted by Crippen LogP contribution is -2.64. The molecular weight excluding hydrogens is 252 g/mol. The van der Waals surface area contributed by atoms with E-state index < -0.39 is 0 Å². The first-order valence-electron chi connectivity index (χ1n) is 7.32. The zero-order chi connectivity index (χ0) is 14.2. The zero-order valence-corrected chi connectivity index (χ0v) is 12.2. The minimum atomic E-state index is -0.342. The van der Waals surface area contributed by atoms with E-state index in [4.69, 9.17) is 4.74 Å². The Kier molecular flexibility index (Phi) is 3.42. The van der Waals surface area contributed by atoms with Crippen LogP contribution in [0.4, 0.5) is 5.69 Å². The van der Waals surface area contributed by atoms with Crippen LogP contribution in [0.25, 0.3) is 0 Å². The van der Waals surface area contributed by atoms with Crippen LogP contribution in [0.1, 0.15) is 26.2 Å². The highest BCUT2D eigenvalue weighted by atomic mass is 16.5. The summed E-state index contributed by atoms with van der Waals surface area (Å²) >= 11 is 0. The summed E-state index contributed by atoms with van der Waals surface area (Å²) < 4.78 is 5.18. The number of ether oxygens (including phenoxy) is 1. The molecule has 1 heterocycles. The van der Waals surface area contributed by atoms with E-state index in [1.54, 1.807) is 7.11 Å². The van der Waals surface area contributed by atoms with Gasteiger partial charge in [0.2, 0.25) is 5.91 Å². The second-order valence-corrected chi connectivity index (χ2v) is 6.10. The normalized spacial score (nSPS) is 25.9. The van der Waals surface area contributed by atoms with Crippen molar-refractivity contribution in [2.24, 2.45) is 5.92 Å².